The van der Waals surface area contributed by atoms with Crippen LogP contribution in [-0.2, 0) is 20.3 Å². The number of halogens is 5. The fraction of sp³-hybridized carbons (Fsp3) is 0.318. The largest absolute Gasteiger partial charge is 0.440 e. The topological polar surface area (TPSA) is 111 Å². The SMILES string of the molecule is Cc1nc2c(C3=NOC(c4cc(Cl)cc(Cl)c4)(C(F)(F)F)C3)ccc(C(=O)NC3CS(=O)(=O)C3)c2o1. The normalized spacial score (nSPS) is 21.7. The second-order valence-electron chi connectivity index (χ2n) is 8.61. The van der Waals surface area contributed by atoms with Crippen LogP contribution in [0.3, 0.4) is 0 Å². The van der Waals surface area contributed by atoms with Crippen LogP contribution >= 0.6 is 23.2 Å². The molecule has 2 aromatic carbocycles. The van der Waals surface area contributed by atoms with E-state index in [1.54, 1.807) is 0 Å². The molecule has 1 aromatic heterocycles. The van der Waals surface area contributed by atoms with Gasteiger partial charge in [-0.15, -0.1) is 0 Å². The number of amides is 1. The maximum atomic E-state index is 14.3. The highest BCUT2D eigenvalue weighted by molar-refractivity contribution is 7.92. The number of fused-ring (bicyclic) bond motifs is 1. The Bertz CT molecular complexity index is 1520. The first-order valence-corrected chi connectivity index (χ1v) is 13.1. The van der Waals surface area contributed by atoms with Crippen molar-refractivity contribution in [3.05, 3.63) is 63.0 Å². The zero-order valence-electron chi connectivity index (χ0n) is 18.3. The molecule has 1 fully saturated rings. The number of alkyl halides is 3. The van der Waals surface area contributed by atoms with Crippen molar-refractivity contribution in [1.29, 1.82) is 0 Å². The zero-order valence-corrected chi connectivity index (χ0v) is 20.6. The molecule has 1 atom stereocenters. The van der Waals surface area contributed by atoms with E-state index < -0.39 is 40.0 Å². The Morgan fingerprint density at radius 2 is 1.83 bits per heavy atom. The van der Waals surface area contributed by atoms with Crippen LogP contribution in [0, 0.1) is 6.92 Å². The molecule has 0 radical (unpaired) electrons. The first-order chi connectivity index (χ1) is 16.8. The van der Waals surface area contributed by atoms with E-state index in [1.807, 2.05) is 0 Å². The summed E-state index contributed by atoms with van der Waals surface area (Å²) in [6, 6.07) is 5.75. The fourth-order valence-corrected chi connectivity index (χ4v) is 6.09. The Kier molecular flexibility index (Phi) is 5.77. The molecule has 1 unspecified atom stereocenters. The van der Waals surface area contributed by atoms with Crippen molar-refractivity contribution in [2.45, 2.75) is 31.2 Å². The first kappa shape index (κ1) is 24.8. The molecule has 3 aromatic rings. The summed E-state index contributed by atoms with van der Waals surface area (Å²) in [7, 11) is -3.15. The first-order valence-electron chi connectivity index (χ1n) is 10.5. The number of hydrogen-bond acceptors (Lipinski definition) is 7. The highest BCUT2D eigenvalue weighted by Crippen LogP contribution is 2.50. The monoisotopic (exact) mass is 561 g/mol. The number of rotatable bonds is 4. The van der Waals surface area contributed by atoms with Gasteiger partial charge in [0.1, 0.15) is 5.52 Å². The lowest BCUT2D eigenvalue weighted by atomic mass is 9.86. The smallest absolute Gasteiger partial charge is 0.435 e. The van der Waals surface area contributed by atoms with Gasteiger partial charge in [-0.25, -0.2) is 13.4 Å². The lowest BCUT2D eigenvalue weighted by molar-refractivity contribution is -0.275. The minimum atomic E-state index is -4.88. The van der Waals surface area contributed by atoms with Crippen molar-refractivity contribution >= 4 is 55.8 Å². The minimum absolute atomic E-state index is 0.00215. The maximum Gasteiger partial charge on any atom is 0.435 e. The van der Waals surface area contributed by atoms with Gasteiger partial charge in [-0.2, -0.15) is 13.2 Å². The molecule has 0 spiro atoms. The van der Waals surface area contributed by atoms with Gasteiger partial charge in [-0.3, -0.25) is 4.79 Å². The van der Waals surface area contributed by atoms with E-state index in [2.05, 4.69) is 15.5 Å². The Morgan fingerprint density at radius 1 is 1.17 bits per heavy atom. The molecule has 0 aliphatic carbocycles. The molecule has 2 aliphatic heterocycles. The molecule has 2 aliphatic rings. The van der Waals surface area contributed by atoms with Crippen LogP contribution in [0.1, 0.15) is 33.8 Å². The van der Waals surface area contributed by atoms with Crippen LogP contribution in [0.2, 0.25) is 10.0 Å². The van der Waals surface area contributed by atoms with Gasteiger partial charge in [0.15, 0.2) is 21.3 Å². The summed E-state index contributed by atoms with van der Waals surface area (Å²) in [6.07, 6.45) is -5.59. The third-order valence-corrected chi connectivity index (χ3v) is 8.22. The average Bonchev–Trinajstić information content (AvgIpc) is 3.35. The predicted molar refractivity (Wildman–Crippen MR) is 125 cm³/mol. The van der Waals surface area contributed by atoms with E-state index in [0.29, 0.717) is 0 Å². The number of aromatic nitrogens is 1. The molecule has 190 valence electrons. The van der Waals surface area contributed by atoms with Gasteiger partial charge >= 0.3 is 6.18 Å². The summed E-state index contributed by atoms with van der Waals surface area (Å²) in [5, 5.41) is 6.36. The number of carbonyl (C=O) groups excluding carboxylic acids is 1. The summed E-state index contributed by atoms with van der Waals surface area (Å²) in [4.78, 5) is 22.1. The number of hydrogen-bond donors (Lipinski definition) is 1. The average molecular weight is 562 g/mol. The van der Waals surface area contributed by atoms with Gasteiger partial charge < -0.3 is 14.6 Å². The molecular formula is C22H16Cl2F3N3O5S. The molecule has 5 rings (SSSR count). The Labute approximate surface area is 212 Å². The van der Waals surface area contributed by atoms with Crippen LogP contribution in [-0.4, -0.2) is 48.7 Å². The lowest BCUT2D eigenvalue weighted by Crippen LogP contribution is -2.52. The summed E-state index contributed by atoms with van der Waals surface area (Å²) >= 11 is 11.9. The van der Waals surface area contributed by atoms with Crippen LogP contribution in [0.25, 0.3) is 11.1 Å². The van der Waals surface area contributed by atoms with E-state index in [4.69, 9.17) is 32.5 Å². The van der Waals surface area contributed by atoms with Crippen molar-refractivity contribution in [3.8, 4) is 0 Å². The highest BCUT2D eigenvalue weighted by atomic mass is 35.5. The van der Waals surface area contributed by atoms with E-state index in [-0.39, 0.29) is 60.9 Å². The van der Waals surface area contributed by atoms with Crippen LogP contribution in [0.4, 0.5) is 13.2 Å². The number of oxazole rings is 1. The molecule has 0 saturated carbocycles. The van der Waals surface area contributed by atoms with Gasteiger partial charge in [0, 0.05) is 28.1 Å². The van der Waals surface area contributed by atoms with Crippen molar-refractivity contribution in [2.75, 3.05) is 11.5 Å². The molecule has 1 amide bonds. The summed E-state index contributed by atoms with van der Waals surface area (Å²) in [5.74, 6) is -0.765. The third-order valence-electron chi connectivity index (χ3n) is 5.97. The van der Waals surface area contributed by atoms with Gasteiger partial charge in [-0.05, 0) is 30.3 Å². The van der Waals surface area contributed by atoms with Crippen LogP contribution in [0.15, 0.2) is 39.9 Å². The number of carbonyl (C=O) groups is 1. The van der Waals surface area contributed by atoms with Crippen molar-refractivity contribution in [2.24, 2.45) is 5.16 Å². The number of nitrogens with one attached hydrogen (secondary N) is 1. The van der Waals surface area contributed by atoms with Crippen molar-refractivity contribution in [1.82, 2.24) is 10.3 Å². The summed E-state index contributed by atoms with van der Waals surface area (Å²) < 4.78 is 71.4. The number of nitrogens with zero attached hydrogens (tertiary/aromatic N) is 2. The number of aryl methyl sites for hydroxylation is 1. The Balaban J connectivity index is 1.51. The number of sulfone groups is 1. The molecule has 8 nitrogen and oxygen atoms in total. The molecule has 1 saturated heterocycles. The fourth-order valence-electron chi connectivity index (χ4n) is 4.27. The second kappa shape index (κ2) is 8.35. The van der Waals surface area contributed by atoms with E-state index in [1.165, 1.54) is 25.1 Å². The zero-order chi connectivity index (χ0) is 26.0. The summed E-state index contributed by atoms with van der Waals surface area (Å²) in [6.45, 7) is 1.52. The van der Waals surface area contributed by atoms with Gasteiger partial charge in [-0.1, -0.05) is 28.4 Å². The minimum Gasteiger partial charge on any atom is -0.440 e. The predicted octanol–water partition coefficient (Wildman–Crippen LogP) is 4.55. The Hall–Kier alpha value is -2.83. The van der Waals surface area contributed by atoms with E-state index >= 15 is 0 Å². The van der Waals surface area contributed by atoms with Crippen LogP contribution in [0.5, 0.6) is 0 Å². The van der Waals surface area contributed by atoms with Crippen molar-refractivity contribution in [3.63, 3.8) is 0 Å². The molecule has 1 N–H and O–H groups in total. The molecule has 3 heterocycles. The lowest BCUT2D eigenvalue weighted by Gasteiger charge is -2.29. The molecule has 36 heavy (non-hydrogen) atoms. The quantitative estimate of drug-likeness (QED) is 0.500. The van der Waals surface area contributed by atoms with Crippen LogP contribution < -0.4 is 5.32 Å². The third kappa shape index (κ3) is 4.20. The molecule has 0 bridgehead atoms. The van der Waals surface area contributed by atoms with Crippen molar-refractivity contribution < 1.29 is 35.6 Å². The molecular weight excluding hydrogens is 546 g/mol. The number of oxime groups is 1. The summed E-state index contributed by atoms with van der Waals surface area (Å²) in [5.41, 5.74) is -2.84. The Morgan fingerprint density at radius 3 is 2.44 bits per heavy atom. The molecule has 14 heteroatoms. The highest BCUT2D eigenvalue weighted by Gasteiger charge is 2.62. The maximum absolute atomic E-state index is 14.3. The van der Waals surface area contributed by atoms with E-state index in [9.17, 15) is 26.4 Å². The number of benzene rings is 2. The van der Waals surface area contributed by atoms with Gasteiger partial charge in [0.2, 0.25) is 0 Å². The second-order valence-corrected chi connectivity index (χ2v) is 11.6. The standard InChI is InChI=1S/C22H16Cl2F3N3O5S/c1-10-28-18-15(2-3-16(19(18)34-10)20(31)29-14-8-36(32,33)9-14)17-7-21(35-30-17,22(25,26)27)11-4-12(23)6-13(24)5-11/h2-6,14H,7-9H2,1H3,(H,29,31). The van der Waals surface area contributed by atoms with E-state index in [0.717, 1.165) is 12.1 Å². The van der Waals surface area contributed by atoms with Gasteiger partial charge in [0.25, 0.3) is 11.5 Å². The van der Waals surface area contributed by atoms with Gasteiger partial charge in [0.05, 0.1) is 35.2 Å².